The molecule has 2 fully saturated rings. The summed E-state index contributed by atoms with van der Waals surface area (Å²) in [5.41, 5.74) is -4.56. The van der Waals surface area contributed by atoms with Crippen molar-refractivity contribution < 1.29 is 68.4 Å². The molecule has 2 heterocycles. The third-order valence-electron chi connectivity index (χ3n) is 10.5. The molecule has 0 radical (unpaired) electrons. The van der Waals surface area contributed by atoms with Crippen LogP contribution in [0, 0.1) is 0 Å². The number of nitrogens with zero attached hydrogens (tertiary/aromatic N) is 2. The fraction of sp³-hybridized carbons (Fsp3) is 0.568. The van der Waals surface area contributed by atoms with Gasteiger partial charge in [-0.15, -0.1) is 0 Å². The van der Waals surface area contributed by atoms with Crippen LogP contribution in [0.2, 0.25) is 0 Å². The van der Waals surface area contributed by atoms with Crippen LogP contribution in [0.15, 0.2) is 18.2 Å². The highest BCUT2D eigenvalue weighted by Gasteiger charge is 2.51. The Labute approximate surface area is 305 Å². The summed E-state index contributed by atoms with van der Waals surface area (Å²) in [7, 11) is 2.80. The Kier molecular flexibility index (Phi) is 10.4. The van der Waals surface area contributed by atoms with Gasteiger partial charge in [-0.05, 0) is 33.8 Å². The summed E-state index contributed by atoms with van der Waals surface area (Å²) in [6.07, 6.45) is -6.73. The van der Waals surface area contributed by atoms with Crippen molar-refractivity contribution in [3.05, 3.63) is 51.6 Å². The molecule has 288 valence electrons. The van der Waals surface area contributed by atoms with Crippen LogP contribution >= 0.6 is 0 Å². The molecule has 2 aliphatic carbocycles. The standard InChI is InChI=1S/C37H46N2O14/c1-17-30(42)20(39-11-10-38(15-24(39)50-6)35(47)53-36(2,3)4)12-25(51-17)52-22-14-37(48,23(41)16-40)13-19-27(22)34(46)29-28(32(19)44)31(43)18-8-7-9-21(49-5)26(18)33(29)45/h7-9,17,20,22,24-25,30,40,42,44,46,48H,10-16H2,1-6H3/t17-,20?,22-,24?,25-,30+,37-/m0/s1. The molecule has 2 aromatic carbocycles. The average Bonchev–Trinajstić information content (AvgIpc) is 3.11. The van der Waals surface area contributed by atoms with E-state index < -0.39 is 114 Å². The highest BCUT2D eigenvalue weighted by molar-refractivity contribution is 6.31. The van der Waals surface area contributed by atoms with Crippen molar-refractivity contribution in [3.8, 4) is 17.2 Å². The maximum absolute atomic E-state index is 14.0. The monoisotopic (exact) mass is 742 g/mol. The van der Waals surface area contributed by atoms with Crippen LogP contribution in [-0.2, 0) is 30.2 Å². The molecular formula is C37H46N2O14. The number of hydrogen-bond donors (Lipinski definition) is 5. The topological polar surface area (TPSA) is 222 Å². The molecule has 2 aromatic rings. The smallest absolute Gasteiger partial charge is 0.410 e. The first-order valence-corrected chi connectivity index (χ1v) is 17.4. The van der Waals surface area contributed by atoms with E-state index in [2.05, 4.69) is 0 Å². The first-order chi connectivity index (χ1) is 24.9. The second kappa shape index (κ2) is 14.2. The van der Waals surface area contributed by atoms with Crippen LogP contribution in [-0.4, -0.2) is 141 Å². The van der Waals surface area contributed by atoms with Crippen LogP contribution in [0.25, 0.3) is 0 Å². The fourth-order valence-electron chi connectivity index (χ4n) is 7.87. The van der Waals surface area contributed by atoms with Gasteiger partial charge in [-0.25, -0.2) is 4.79 Å². The van der Waals surface area contributed by atoms with E-state index in [4.69, 9.17) is 23.7 Å². The van der Waals surface area contributed by atoms with Gasteiger partial charge in [0.1, 0.15) is 41.3 Å². The number of aromatic hydroxyl groups is 2. The van der Waals surface area contributed by atoms with Gasteiger partial charge in [-0.2, -0.15) is 0 Å². The van der Waals surface area contributed by atoms with Gasteiger partial charge in [0.25, 0.3) is 0 Å². The van der Waals surface area contributed by atoms with Gasteiger partial charge in [0.15, 0.2) is 17.9 Å². The van der Waals surface area contributed by atoms with E-state index in [-0.39, 0.29) is 54.1 Å². The summed E-state index contributed by atoms with van der Waals surface area (Å²) in [6.45, 7) is 6.57. The van der Waals surface area contributed by atoms with Gasteiger partial charge >= 0.3 is 6.09 Å². The predicted molar refractivity (Wildman–Crippen MR) is 183 cm³/mol. The summed E-state index contributed by atoms with van der Waals surface area (Å²) in [4.78, 5) is 57.0. The molecule has 0 spiro atoms. The number of Topliss-reactive ketones (excluding diaryl/α,β-unsaturated/α-hetero) is 1. The molecule has 16 nitrogen and oxygen atoms in total. The lowest BCUT2D eigenvalue weighted by molar-refractivity contribution is -0.268. The van der Waals surface area contributed by atoms with Crippen LogP contribution in [0.3, 0.4) is 0 Å². The number of phenolic OH excluding ortho intramolecular Hbond substituents is 2. The third-order valence-corrected chi connectivity index (χ3v) is 10.5. The van der Waals surface area contributed by atoms with E-state index >= 15 is 0 Å². The maximum Gasteiger partial charge on any atom is 0.410 e. The van der Waals surface area contributed by atoms with Crippen LogP contribution in [0.4, 0.5) is 4.79 Å². The molecule has 6 rings (SSSR count). The number of methoxy groups -OCH3 is 2. The van der Waals surface area contributed by atoms with Crippen LogP contribution < -0.4 is 4.74 Å². The molecule has 0 bridgehead atoms. The number of aliphatic hydroxyl groups is 3. The first kappa shape index (κ1) is 38.6. The SMILES string of the molecule is COc1cccc2c1C(=O)c1c(O)c3c(c(O)c1C2=O)C[C@@](O)(C(=O)CO)C[C@@H]3O[C@H]1CC(N2CCN(C(=O)OC(C)(C)C)CC2OC)[C@H](O)[C@H](C)O1. The molecule has 53 heavy (non-hydrogen) atoms. The molecule has 16 heteroatoms. The first-order valence-electron chi connectivity index (χ1n) is 17.4. The largest absolute Gasteiger partial charge is 0.507 e. The van der Waals surface area contributed by atoms with Crippen molar-refractivity contribution in [1.82, 2.24) is 9.80 Å². The van der Waals surface area contributed by atoms with E-state index in [1.807, 2.05) is 4.90 Å². The average molecular weight is 743 g/mol. The number of ketones is 3. The predicted octanol–water partition coefficient (Wildman–Crippen LogP) is 1.57. The number of amides is 1. The molecule has 0 aromatic heterocycles. The number of rotatable bonds is 7. The molecule has 2 aliphatic heterocycles. The molecule has 4 aliphatic rings. The van der Waals surface area contributed by atoms with Crippen molar-refractivity contribution in [2.45, 2.75) is 95.0 Å². The maximum atomic E-state index is 14.0. The third kappa shape index (κ3) is 6.77. The highest BCUT2D eigenvalue weighted by Crippen LogP contribution is 2.52. The number of fused-ring (bicyclic) bond motifs is 3. The summed E-state index contributed by atoms with van der Waals surface area (Å²) >= 11 is 0. The van der Waals surface area contributed by atoms with Crippen molar-refractivity contribution in [3.63, 3.8) is 0 Å². The minimum absolute atomic E-state index is 0.00961. The molecule has 0 saturated carbocycles. The quantitative estimate of drug-likeness (QED) is 0.217. The molecular weight excluding hydrogens is 696 g/mol. The highest BCUT2D eigenvalue weighted by atomic mass is 16.7. The zero-order chi connectivity index (χ0) is 38.7. The molecule has 7 atom stereocenters. The Bertz CT molecular complexity index is 1820. The Morgan fingerprint density at radius 2 is 1.74 bits per heavy atom. The summed E-state index contributed by atoms with van der Waals surface area (Å²) in [5, 5.41) is 56.2. The minimum atomic E-state index is -2.31. The Morgan fingerprint density at radius 3 is 2.38 bits per heavy atom. The second-order valence-electron chi connectivity index (χ2n) is 14.9. The van der Waals surface area contributed by atoms with Gasteiger partial charge in [0, 0.05) is 62.2 Å². The van der Waals surface area contributed by atoms with Crippen molar-refractivity contribution >= 4 is 23.4 Å². The Morgan fingerprint density at radius 1 is 1.04 bits per heavy atom. The van der Waals surface area contributed by atoms with E-state index in [9.17, 15) is 44.7 Å². The number of phenols is 2. The van der Waals surface area contributed by atoms with E-state index in [1.54, 1.807) is 27.7 Å². The molecule has 5 N–H and O–H groups in total. The number of aliphatic hydroxyl groups excluding tert-OH is 2. The van der Waals surface area contributed by atoms with Crippen molar-refractivity contribution in [1.29, 1.82) is 0 Å². The summed E-state index contributed by atoms with van der Waals surface area (Å²) < 4.78 is 29.1. The summed E-state index contributed by atoms with van der Waals surface area (Å²) in [6, 6.07) is 3.71. The van der Waals surface area contributed by atoms with Gasteiger partial charge in [0.2, 0.25) is 5.78 Å². The van der Waals surface area contributed by atoms with Gasteiger partial charge in [-0.3, -0.25) is 19.3 Å². The Balaban J connectivity index is 1.35. The lowest BCUT2D eigenvalue weighted by Crippen LogP contribution is -2.64. The number of hydrogen-bond acceptors (Lipinski definition) is 15. The zero-order valence-corrected chi connectivity index (χ0v) is 30.5. The number of carbonyl (C=O) groups excluding carboxylic acids is 4. The fourth-order valence-corrected chi connectivity index (χ4v) is 7.87. The lowest BCUT2D eigenvalue weighted by Gasteiger charge is -2.49. The van der Waals surface area contributed by atoms with E-state index in [0.717, 1.165) is 0 Å². The molecule has 2 saturated heterocycles. The van der Waals surface area contributed by atoms with E-state index in [1.165, 1.54) is 37.3 Å². The van der Waals surface area contributed by atoms with Crippen molar-refractivity contribution in [2.75, 3.05) is 40.5 Å². The normalized spacial score (nSPS) is 28.9. The van der Waals surface area contributed by atoms with Gasteiger partial charge < -0.3 is 54.1 Å². The van der Waals surface area contributed by atoms with Gasteiger partial charge in [-0.1, -0.05) is 12.1 Å². The summed E-state index contributed by atoms with van der Waals surface area (Å²) in [5.74, 6) is -3.92. The lowest BCUT2D eigenvalue weighted by atomic mass is 9.72. The number of benzene rings is 2. The van der Waals surface area contributed by atoms with E-state index in [0.29, 0.717) is 0 Å². The minimum Gasteiger partial charge on any atom is -0.507 e. The van der Waals surface area contributed by atoms with Crippen LogP contribution in [0.1, 0.15) is 89.6 Å². The van der Waals surface area contributed by atoms with Crippen molar-refractivity contribution in [2.24, 2.45) is 0 Å². The van der Waals surface area contributed by atoms with Crippen LogP contribution in [0.5, 0.6) is 17.2 Å². The molecule has 2 unspecified atom stereocenters. The number of carbonyl (C=O) groups is 4. The second-order valence-corrected chi connectivity index (χ2v) is 14.9. The zero-order valence-electron chi connectivity index (χ0n) is 30.5. The number of piperazine rings is 1. The van der Waals surface area contributed by atoms with Gasteiger partial charge in [0.05, 0.1) is 48.7 Å². The molecule has 1 amide bonds. The number of ether oxygens (including phenoxy) is 5. The Hall–Kier alpha value is -4.16.